The molecule has 29 heavy (non-hydrogen) atoms. The lowest BCUT2D eigenvalue weighted by atomic mass is 10.1. The number of nitrogens with two attached hydrogens (primary N) is 1. The van der Waals surface area contributed by atoms with Crippen LogP contribution in [0.3, 0.4) is 0 Å². The third kappa shape index (κ3) is 6.14. The average Bonchev–Trinajstić information content (AvgIpc) is 2.93. The molecule has 8 heteroatoms. The van der Waals surface area contributed by atoms with Crippen LogP contribution in [0.4, 0.5) is 13.2 Å². The number of benzene rings is 2. The molecule has 3 N–H and O–H groups in total. The van der Waals surface area contributed by atoms with E-state index in [1.54, 1.807) is 23.9 Å². The Labute approximate surface area is 173 Å². The van der Waals surface area contributed by atoms with Gasteiger partial charge in [0, 0.05) is 43.4 Å². The Bertz CT molecular complexity index is 823. The topological polar surface area (TPSA) is 56.4 Å². The lowest BCUT2D eigenvalue weighted by molar-refractivity contribution is -0.137. The zero-order chi connectivity index (χ0) is 20.9. The molecule has 0 aliphatic carbocycles. The van der Waals surface area contributed by atoms with Gasteiger partial charge in [-0.1, -0.05) is 30.3 Å². The predicted molar refractivity (Wildman–Crippen MR) is 111 cm³/mol. The molecule has 4 nitrogen and oxygen atoms in total. The van der Waals surface area contributed by atoms with Crippen molar-refractivity contribution in [3.8, 4) is 0 Å². The number of hydrogen-bond donors (Lipinski definition) is 2. The van der Waals surface area contributed by atoms with Crippen molar-refractivity contribution in [2.45, 2.75) is 29.8 Å². The third-order valence-electron chi connectivity index (χ3n) is 4.97. The van der Waals surface area contributed by atoms with E-state index in [-0.39, 0.29) is 5.96 Å². The highest BCUT2D eigenvalue weighted by molar-refractivity contribution is 7.98. The third-order valence-corrected chi connectivity index (χ3v) is 6.16. The first-order valence-electron chi connectivity index (χ1n) is 9.51. The van der Waals surface area contributed by atoms with Crippen molar-refractivity contribution in [3.05, 3.63) is 65.2 Å². The van der Waals surface area contributed by atoms with Crippen LogP contribution in [0.2, 0.25) is 0 Å². The van der Waals surface area contributed by atoms with Crippen LogP contribution in [0.15, 0.2) is 53.4 Å². The molecule has 0 radical (unpaired) electrons. The molecule has 0 amide bonds. The molecule has 2 aromatic rings. The molecule has 1 aliphatic rings. The number of thioether (sulfide) groups is 1. The van der Waals surface area contributed by atoms with Crippen molar-refractivity contribution in [1.29, 1.82) is 5.41 Å². The number of alkyl halides is 3. The number of rotatable bonds is 5. The van der Waals surface area contributed by atoms with E-state index in [0.29, 0.717) is 5.75 Å². The highest BCUT2D eigenvalue weighted by Gasteiger charge is 2.29. The molecule has 0 atom stereocenters. The molecule has 156 valence electrons. The highest BCUT2D eigenvalue weighted by atomic mass is 32.2. The summed E-state index contributed by atoms with van der Waals surface area (Å²) >= 11 is 1.64. The first-order valence-corrected chi connectivity index (χ1v) is 10.5. The molecular formula is C21H25F3N4S. The minimum atomic E-state index is -4.30. The number of halogens is 3. The van der Waals surface area contributed by atoms with E-state index in [1.807, 2.05) is 17.0 Å². The van der Waals surface area contributed by atoms with Crippen LogP contribution in [0, 0.1) is 5.41 Å². The van der Waals surface area contributed by atoms with Gasteiger partial charge in [-0.2, -0.15) is 13.2 Å². The summed E-state index contributed by atoms with van der Waals surface area (Å²) in [7, 11) is 0. The Hall–Kier alpha value is -2.19. The van der Waals surface area contributed by atoms with Crippen LogP contribution in [0.5, 0.6) is 0 Å². The fraction of sp³-hybridized carbons (Fsp3) is 0.381. The minimum Gasteiger partial charge on any atom is -0.370 e. The van der Waals surface area contributed by atoms with Crippen LogP contribution in [-0.2, 0) is 18.5 Å². The lowest BCUT2D eigenvalue weighted by Gasteiger charge is -2.22. The average molecular weight is 423 g/mol. The summed E-state index contributed by atoms with van der Waals surface area (Å²) < 4.78 is 38.1. The summed E-state index contributed by atoms with van der Waals surface area (Å²) in [6, 6.07) is 13.5. The zero-order valence-electron chi connectivity index (χ0n) is 16.1. The van der Waals surface area contributed by atoms with Gasteiger partial charge < -0.3 is 10.6 Å². The molecule has 1 heterocycles. The Morgan fingerprint density at radius 2 is 1.72 bits per heavy atom. The second-order valence-corrected chi connectivity index (χ2v) is 8.11. The smallest absolute Gasteiger partial charge is 0.370 e. The van der Waals surface area contributed by atoms with Crippen LogP contribution < -0.4 is 5.73 Å². The quantitative estimate of drug-likeness (QED) is 0.426. The molecular weight excluding hydrogens is 397 g/mol. The van der Waals surface area contributed by atoms with Crippen LogP contribution in [-0.4, -0.2) is 41.9 Å². The van der Waals surface area contributed by atoms with Gasteiger partial charge in [-0.3, -0.25) is 10.3 Å². The van der Waals surface area contributed by atoms with Gasteiger partial charge in [0.25, 0.3) is 0 Å². The Morgan fingerprint density at radius 3 is 2.41 bits per heavy atom. The molecule has 1 saturated heterocycles. The molecule has 2 aromatic carbocycles. The predicted octanol–water partition coefficient (Wildman–Crippen LogP) is 4.40. The van der Waals surface area contributed by atoms with Crippen molar-refractivity contribution in [3.63, 3.8) is 0 Å². The van der Waals surface area contributed by atoms with E-state index in [9.17, 15) is 13.2 Å². The molecule has 1 fully saturated rings. The van der Waals surface area contributed by atoms with Crippen LogP contribution >= 0.6 is 11.8 Å². The van der Waals surface area contributed by atoms with E-state index < -0.39 is 11.7 Å². The van der Waals surface area contributed by atoms with E-state index >= 15 is 0 Å². The standard InChI is InChI=1S/C21H25F3N4S/c22-21(23,24)18-8-6-16(7-9-18)15-29-19-5-2-1-4-17(19)14-27-10-3-11-28(13-12-27)20(25)26/h1-2,4-9H,3,10-15H2,(H3,25,26). The van der Waals surface area contributed by atoms with Crippen molar-refractivity contribution in [2.24, 2.45) is 5.73 Å². The first-order chi connectivity index (χ1) is 13.8. The second-order valence-electron chi connectivity index (χ2n) is 7.09. The molecule has 0 spiro atoms. The van der Waals surface area contributed by atoms with E-state index in [0.717, 1.165) is 61.7 Å². The molecule has 0 saturated carbocycles. The monoisotopic (exact) mass is 422 g/mol. The first kappa shape index (κ1) is 21.5. The number of nitrogens with zero attached hydrogens (tertiary/aromatic N) is 2. The number of hydrogen-bond acceptors (Lipinski definition) is 3. The van der Waals surface area contributed by atoms with Gasteiger partial charge in [-0.05, 0) is 35.7 Å². The Kier molecular flexibility index (Phi) is 7.08. The Balaban J connectivity index is 1.61. The van der Waals surface area contributed by atoms with Gasteiger partial charge >= 0.3 is 6.18 Å². The van der Waals surface area contributed by atoms with Gasteiger partial charge in [0.2, 0.25) is 0 Å². The molecule has 1 aliphatic heterocycles. The summed E-state index contributed by atoms with van der Waals surface area (Å²) in [6.07, 6.45) is -3.34. The van der Waals surface area contributed by atoms with Gasteiger partial charge in [0.15, 0.2) is 5.96 Å². The summed E-state index contributed by atoms with van der Waals surface area (Å²) in [6.45, 7) is 4.15. The van der Waals surface area contributed by atoms with Crippen molar-refractivity contribution < 1.29 is 13.2 Å². The number of guanidine groups is 1. The van der Waals surface area contributed by atoms with E-state index in [1.165, 1.54) is 5.56 Å². The molecule has 0 aromatic heterocycles. The van der Waals surface area contributed by atoms with Crippen molar-refractivity contribution in [2.75, 3.05) is 26.2 Å². The highest BCUT2D eigenvalue weighted by Crippen LogP contribution is 2.31. The lowest BCUT2D eigenvalue weighted by Crippen LogP contribution is -2.39. The van der Waals surface area contributed by atoms with Gasteiger partial charge in [0.05, 0.1) is 5.56 Å². The SMILES string of the molecule is N=C(N)N1CCCN(Cc2ccccc2SCc2ccc(C(F)(F)F)cc2)CC1. The summed E-state index contributed by atoms with van der Waals surface area (Å²) in [4.78, 5) is 5.39. The van der Waals surface area contributed by atoms with Gasteiger partial charge in [-0.25, -0.2) is 0 Å². The maximum absolute atomic E-state index is 12.7. The van der Waals surface area contributed by atoms with Crippen molar-refractivity contribution in [1.82, 2.24) is 9.80 Å². The molecule has 3 rings (SSSR count). The summed E-state index contributed by atoms with van der Waals surface area (Å²) in [5.41, 5.74) is 7.07. The fourth-order valence-corrected chi connectivity index (χ4v) is 4.34. The zero-order valence-corrected chi connectivity index (χ0v) is 16.9. The Morgan fingerprint density at radius 1 is 1.00 bits per heavy atom. The fourth-order valence-electron chi connectivity index (χ4n) is 3.34. The minimum absolute atomic E-state index is 0.124. The summed E-state index contributed by atoms with van der Waals surface area (Å²) in [5, 5.41) is 7.61. The maximum atomic E-state index is 12.7. The largest absolute Gasteiger partial charge is 0.416 e. The normalized spacial score (nSPS) is 15.9. The molecule has 0 bridgehead atoms. The maximum Gasteiger partial charge on any atom is 0.416 e. The van der Waals surface area contributed by atoms with Gasteiger partial charge in [0.1, 0.15) is 0 Å². The molecule has 0 unspecified atom stereocenters. The second kappa shape index (κ2) is 9.54. The van der Waals surface area contributed by atoms with Gasteiger partial charge in [-0.15, -0.1) is 11.8 Å². The van der Waals surface area contributed by atoms with Crippen LogP contribution in [0.25, 0.3) is 0 Å². The van der Waals surface area contributed by atoms with E-state index in [4.69, 9.17) is 11.1 Å². The number of nitrogens with one attached hydrogen (secondary N) is 1. The summed E-state index contributed by atoms with van der Waals surface area (Å²) in [5.74, 6) is 0.743. The van der Waals surface area contributed by atoms with E-state index in [2.05, 4.69) is 17.0 Å². The van der Waals surface area contributed by atoms with Crippen molar-refractivity contribution >= 4 is 17.7 Å². The van der Waals surface area contributed by atoms with Crippen LogP contribution in [0.1, 0.15) is 23.1 Å².